The molecule has 15 heavy (non-hydrogen) atoms. The Balaban J connectivity index is 2.10. The minimum absolute atomic E-state index is 0.0893. The summed E-state index contributed by atoms with van der Waals surface area (Å²) in [7, 11) is 0. The zero-order valence-electron chi connectivity index (χ0n) is 8.25. The van der Waals surface area contributed by atoms with E-state index in [0.717, 1.165) is 22.1 Å². The lowest BCUT2D eigenvalue weighted by atomic mass is 10.0. The van der Waals surface area contributed by atoms with E-state index in [1.54, 1.807) is 0 Å². The molecule has 2 rings (SSSR count). The number of hydrogen-bond acceptors (Lipinski definition) is 3. The van der Waals surface area contributed by atoms with Crippen molar-refractivity contribution >= 4 is 28.8 Å². The number of nitrogens with one attached hydrogen (secondary N) is 1. The van der Waals surface area contributed by atoms with E-state index in [1.165, 1.54) is 11.3 Å². The maximum Gasteiger partial charge on any atom is 0.231 e. The van der Waals surface area contributed by atoms with Gasteiger partial charge in [0.1, 0.15) is 0 Å². The molecule has 0 bridgehead atoms. The van der Waals surface area contributed by atoms with Crippen molar-refractivity contribution in [1.82, 2.24) is 5.32 Å². The molecule has 1 aliphatic rings. The van der Waals surface area contributed by atoms with Gasteiger partial charge < -0.3 is 11.1 Å². The van der Waals surface area contributed by atoms with Gasteiger partial charge in [0.2, 0.25) is 5.91 Å². The summed E-state index contributed by atoms with van der Waals surface area (Å²) >= 11 is 7.36. The van der Waals surface area contributed by atoms with Crippen LogP contribution in [-0.2, 0) is 10.2 Å². The number of hydrogen-bond donors (Lipinski definition) is 2. The maximum absolute atomic E-state index is 11.9. The highest BCUT2D eigenvalue weighted by atomic mass is 35.5. The van der Waals surface area contributed by atoms with Crippen molar-refractivity contribution in [3.05, 3.63) is 21.3 Å². The Hall–Kier alpha value is -0.580. The second kappa shape index (κ2) is 4.12. The van der Waals surface area contributed by atoms with Crippen LogP contribution in [0.2, 0.25) is 4.34 Å². The molecule has 0 aromatic carbocycles. The molecular weight excluding hydrogens is 232 g/mol. The molecule has 1 aliphatic carbocycles. The third-order valence-electron chi connectivity index (χ3n) is 2.66. The van der Waals surface area contributed by atoms with Gasteiger partial charge in [0, 0.05) is 18.0 Å². The molecule has 0 spiro atoms. The number of carbonyl (C=O) groups excluding carboxylic acids is 1. The van der Waals surface area contributed by atoms with Crippen LogP contribution in [0.3, 0.4) is 0 Å². The highest BCUT2D eigenvalue weighted by Gasteiger charge is 2.52. The Morgan fingerprint density at radius 2 is 2.33 bits per heavy atom. The first kappa shape index (κ1) is 10.9. The third kappa shape index (κ3) is 2.02. The molecule has 82 valence electrons. The lowest BCUT2D eigenvalue weighted by molar-refractivity contribution is -0.123. The number of rotatable bonds is 4. The van der Waals surface area contributed by atoms with E-state index < -0.39 is 0 Å². The predicted octanol–water partition coefficient (Wildman–Crippen LogP) is 1.51. The van der Waals surface area contributed by atoms with Crippen molar-refractivity contribution in [1.29, 1.82) is 0 Å². The maximum atomic E-state index is 11.9. The van der Waals surface area contributed by atoms with Crippen molar-refractivity contribution in [3.8, 4) is 0 Å². The predicted molar refractivity (Wildman–Crippen MR) is 62.3 cm³/mol. The van der Waals surface area contributed by atoms with Crippen LogP contribution in [0.4, 0.5) is 0 Å². The lowest BCUT2D eigenvalue weighted by Gasteiger charge is -2.12. The molecule has 0 aliphatic heterocycles. The second-order valence-corrected chi connectivity index (χ2v) is 5.45. The molecule has 1 amide bonds. The van der Waals surface area contributed by atoms with Crippen LogP contribution in [0.25, 0.3) is 0 Å². The number of nitrogens with two attached hydrogens (primary N) is 1. The average Bonchev–Trinajstić information content (AvgIpc) is 2.93. The van der Waals surface area contributed by atoms with Crippen molar-refractivity contribution in [3.63, 3.8) is 0 Å². The molecule has 1 aromatic heterocycles. The molecule has 1 saturated carbocycles. The normalized spacial score (nSPS) is 17.5. The molecule has 1 aromatic rings. The summed E-state index contributed by atoms with van der Waals surface area (Å²) in [4.78, 5) is 13.0. The second-order valence-electron chi connectivity index (χ2n) is 3.73. The molecule has 0 saturated heterocycles. The summed E-state index contributed by atoms with van der Waals surface area (Å²) in [5, 5.41) is 2.84. The van der Waals surface area contributed by atoms with Crippen molar-refractivity contribution < 1.29 is 4.79 Å². The van der Waals surface area contributed by atoms with Gasteiger partial charge in [-0.05, 0) is 25.0 Å². The van der Waals surface area contributed by atoms with Gasteiger partial charge in [-0.1, -0.05) is 11.6 Å². The number of amides is 1. The quantitative estimate of drug-likeness (QED) is 0.844. The van der Waals surface area contributed by atoms with Crippen LogP contribution in [0.5, 0.6) is 0 Å². The summed E-state index contributed by atoms with van der Waals surface area (Å²) in [6, 6.07) is 3.79. The van der Waals surface area contributed by atoms with Crippen LogP contribution in [0.15, 0.2) is 12.1 Å². The SMILES string of the molecule is NCCNC(=O)C1(c2ccc(Cl)s2)CC1. The Bertz CT molecular complexity index is 373. The first-order valence-electron chi connectivity index (χ1n) is 4.93. The average molecular weight is 245 g/mol. The van der Waals surface area contributed by atoms with Gasteiger partial charge >= 0.3 is 0 Å². The fraction of sp³-hybridized carbons (Fsp3) is 0.500. The fourth-order valence-corrected chi connectivity index (χ4v) is 2.92. The van der Waals surface area contributed by atoms with Gasteiger partial charge in [0.25, 0.3) is 0 Å². The molecule has 0 radical (unpaired) electrons. The lowest BCUT2D eigenvalue weighted by Crippen LogP contribution is -2.37. The summed E-state index contributed by atoms with van der Waals surface area (Å²) in [5.41, 5.74) is 5.05. The van der Waals surface area contributed by atoms with E-state index in [-0.39, 0.29) is 11.3 Å². The van der Waals surface area contributed by atoms with Gasteiger partial charge in [0.05, 0.1) is 9.75 Å². The van der Waals surface area contributed by atoms with Gasteiger partial charge in [-0.15, -0.1) is 11.3 Å². The molecule has 3 nitrogen and oxygen atoms in total. The van der Waals surface area contributed by atoms with E-state index in [0.29, 0.717) is 13.1 Å². The fourth-order valence-electron chi connectivity index (χ4n) is 1.64. The van der Waals surface area contributed by atoms with E-state index in [9.17, 15) is 4.79 Å². The smallest absolute Gasteiger partial charge is 0.231 e. The minimum atomic E-state index is -0.299. The van der Waals surface area contributed by atoms with Crippen LogP contribution >= 0.6 is 22.9 Å². The van der Waals surface area contributed by atoms with Gasteiger partial charge in [-0.25, -0.2) is 0 Å². The first-order valence-corrected chi connectivity index (χ1v) is 6.13. The van der Waals surface area contributed by atoms with Crippen LogP contribution < -0.4 is 11.1 Å². The summed E-state index contributed by atoms with van der Waals surface area (Å²) < 4.78 is 0.739. The summed E-state index contributed by atoms with van der Waals surface area (Å²) in [5.74, 6) is 0.0893. The zero-order valence-corrected chi connectivity index (χ0v) is 9.83. The van der Waals surface area contributed by atoms with Gasteiger partial charge in [-0.3, -0.25) is 4.79 Å². The summed E-state index contributed by atoms with van der Waals surface area (Å²) in [6.07, 6.45) is 1.83. The Morgan fingerprint density at radius 1 is 1.60 bits per heavy atom. The standard InChI is InChI=1S/C10H13ClN2OS/c11-8-2-1-7(15-8)10(3-4-10)9(14)13-6-5-12/h1-2H,3-6,12H2,(H,13,14). The summed E-state index contributed by atoms with van der Waals surface area (Å²) in [6.45, 7) is 1.02. The Morgan fingerprint density at radius 3 is 2.80 bits per heavy atom. The molecule has 0 unspecified atom stereocenters. The van der Waals surface area contributed by atoms with E-state index >= 15 is 0 Å². The first-order chi connectivity index (χ1) is 7.19. The van der Waals surface area contributed by atoms with Crippen LogP contribution in [0, 0.1) is 0 Å². The van der Waals surface area contributed by atoms with Crippen molar-refractivity contribution in [2.24, 2.45) is 5.73 Å². The molecule has 1 heterocycles. The molecule has 3 N–H and O–H groups in total. The van der Waals surface area contributed by atoms with Gasteiger partial charge in [0.15, 0.2) is 0 Å². The van der Waals surface area contributed by atoms with E-state index in [4.69, 9.17) is 17.3 Å². The monoisotopic (exact) mass is 244 g/mol. The van der Waals surface area contributed by atoms with Gasteiger partial charge in [-0.2, -0.15) is 0 Å². The van der Waals surface area contributed by atoms with Crippen molar-refractivity contribution in [2.75, 3.05) is 13.1 Å². The molecule has 0 atom stereocenters. The zero-order chi connectivity index (χ0) is 10.9. The van der Waals surface area contributed by atoms with Crippen molar-refractivity contribution in [2.45, 2.75) is 18.3 Å². The van der Waals surface area contributed by atoms with Crippen LogP contribution in [0.1, 0.15) is 17.7 Å². The highest BCUT2D eigenvalue weighted by Crippen LogP contribution is 2.51. The third-order valence-corrected chi connectivity index (χ3v) is 4.09. The molecule has 5 heteroatoms. The minimum Gasteiger partial charge on any atom is -0.354 e. The van der Waals surface area contributed by atoms with E-state index in [1.807, 2.05) is 12.1 Å². The largest absolute Gasteiger partial charge is 0.354 e. The Kier molecular flexibility index (Phi) is 3.00. The molecule has 1 fully saturated rings. The topological polar surface area (TPSA) is 55.1 Å². The van der Waals surface area contributed by atoms with E-state index in [2.05, 4.69) is 5.32 Å². The number of halogens is 1. The number of thiophene rings is 1. The number of carbonyl (C=O) groups is 1. The Labute approximate surface area is 97.6 Å². The van der Waals surface area contributed by atoms with Crippen LogP contribution in [-0.4, -0.2) is 19.0 Å². The highest BCUT2D eigenvalue weighted by molar-refractivity contribution is 7.16. The molecular formula is C10H13ClN2OS.